The van der Waals surface area contributed by atoms with Gasteiger partial charge in [0.2, 0.25) is 0 Å². The molecule has 1 aliphatic heterocycles. The first-order chi connectivity index (χ1) is 11.5. The van der Waals surface area contributed by atoms with Crippen LogP contribution in [-0.2, 0) is 9.84 Å². The number of hydrogen-bond acceptors (Lipinski definition) is 3. The summed E-state index contributed by atoms with van der Waals surface area (Å²) in [6.07, 6.45) is 7.56. The van der Waals surface area contributed by atoms with Gasteiger partial charge in [-0.15, -0.1) is 0 Å². The molecule has 0 spiro atoms. The van der Waals surface area contributed by atoms with E-state index in [-0.39, 0.29) is 11.9 Å². The van der Waals surface area contributed by atoms with Crippen molar-refractivity contribution in [2.75, 3.05) is 5.75 Å². The van der Waals surface area contributed by atoms with Crippen molar-refractivity contribution in [3.63, 3.8) is 0 Å². The summed E-state index contributed by atoms with van der Waals surface area (Å²) in [7, 11) is -3.33. The van der Waals surface area contributed by atoms with Gasteiger partial charge in [0.25, 0.3) is 0 Å². The molecule has 2 atom stereocenters. The number of sulfone groups is 1. The van der Waals surface area contributed by atoms with E-state index in [1.165, 1.54) is 0 Å². The maximum atomic E-state index is 13.1. The van der Waals surface area contributed by atoms with E-state index in [1.54, 1.807) is 6.07 Å². The lowest BCUT2D eigenvalue weighted by Crippen LogP contribution is -2.51. The molecule has 5 heteroatoms. The standard InChI is InChI=1S/C19H26N2O2S/c1-3-5-12-19(4-2)15-24(22,23)17-11-7-6-10-16(17)18(20-19)21-13-8-9-14-21/h6-11,13-14,18,20H,3-5,12,15H2,1-2H3. The number of aromatic nitrogens is 1. The van der Waals surface area contributed by atoms with Gasteiger partial charge < -0.3 is 4.57 Å². The second kappa shape index (κ2) is 6.73. The number of benzene rings is 1. The molecule has 4 nitrogen and oxygen atoms in total. The van der Waals surface area contributed by atoms with Gasteiger partial charge in [-0.05, 0) is 31.0 Å². The number of hydrogen-bond donors (Lipinski definition) is 1. The maximum Gasteiger partial charge on any atom is 0.180 e. The van der Waals surface area contributed by atoms with Gasteiger partial charge in [-0.2, -0.15) is 0 Å². The molecule has 1 aliphatic rings. The first kappa shape index (κ1) is 17.2. The number of fused-ring (bicyclic) bond motifs is 1. The fourth-order valence-corrected chi connectivity index (χ4v) is 5.78. The Balaban J connectivity index is 2.15. The highest BCUT2D eigenvalue weighted by atomic mass is 32.2. The summed E-state index contributed by atoms with van der Waals surface area (Å²) in [6.45, 7) is 4.23. The van der Waals surface area contributed by atoms with Gasteiger partial charge >= 0.3 is 0 Å². The zero-order valence-electron chi connectivity index (χ0n) is 14.4. The topological polar surface area (TPSA) is 51.1 Å². The van der Waals surface area contributed by atoms with E-state index in [1.807, 2.05) is 42.7 Å². The summed E-state index contributed by atoms with van der Waals surface area (Å²) in [5, 5.41) is 3.71. The smallest absolute Gasteiger partial charge is 0.180 e. The molecule has 0 bridgehead atoms. The van der Waals surface area contributed by atoms with Crippen LogP contribution in [0, 0.1) is 0 Å². The van der Waals surface area contributed by atoms with Gasteiger partial charge in [-0.25, -0.2) is 8.42 Å². The van der Waals surface area contributed by atoms with Crippen molar-refractivity contribution < 1.29 is 8.42 Å². The molecule has 0 saturated carbocycles. The lowest BCUT2D eigenvalue weighted by atomic mass is 9.91. The van der Waals surface area contributed by atoms with Crippen molar-refractivity contribution in [2.24, 2.45) is 0 Å². The van der Waals surface area contributed by atoms with Gasteiger partial charge in [0, 0.05) is 23.5 Å². The number of nitrogens with one attached hydrogen (secondary N) is 1. The van der Waals surface area contributed by atoms with E-state index in [0.29, 0.717) is 4.90 Å². The maximum absolute atomic E-state index is 13.1. The van der Waals surface area contributed by atoms with E-state index in [0.717, 1.165) is 31.2 Å². The van der Waals surface area contributed by atoms with Gasteiger partial charge in [0.1, 0.15) is 6.17 Å². The Bertz CT molecular complexity index is 783. The summed E-state index contributed by atoms with van der Waals surface area (Å²) in [6, 6.07) is 11.4. The molecule has 0 radical (unpaired) electrons. The fraction of sp³-hybridized carbons (Fsp3) is 0.474. The highest BCUT2D eigenvalue weighted by Gasteiger charge is 2.41. The van der Waals surface area contributed by atoms with Crippen molar-refractivity contribution in [3.8, 4) is 0 Å². The van der Waals surface area contributed by atoms with Crippen LogP contribution in [0.4, 0.5) is 0 Å². The molecular weight excluding hydrogens is 320 g/mol. The molecule has 1 N–H and O–H groups in total. The molecule has 1 aromatic carbocycles. The second-order valence-corrected chi connectivity index (χ2v) is 8.67. The molecule has 2 unspecified atom stereocenters. The fourth-order valence-electron chi connectivity index (χ4n) is 3.64. The molecule has 1 aromatic heterocycles. The molecule has 0 aliphatic carbocycles. The predicted molar refractivity (Wildman–Crippen MR) is 96.7 cm³/mol. The zero-order chi connectivity index (χ0) is 17.2. The van der Waals surface area contributed by atoms with Crippen LogP contribution < -0.4 is 5.32 Å². The van der Waals surface area contributed by atoms with Crippen LogP contribution in [0.25, 0.3) is 0 Å². The summed E-state index contributed by atoms with van der Waals surface area (Å²) in [5.41, 5.74) is 0.434. The summed E-state index contributed by atoms with van der Waals surface area (Å²) in [5.74, 6) is 0.158. The van der Waals surface area contributed by atoms with Crippen LogP contribution in [0.2, 0.25) is 0 Å². The highest BCUT2D eigenvalue weighted by molar-refractivity contribution is 7.91. The monoisotopic (exact) mass is 346 g/mol. The quantitative estimate of drug-likeness (QED) is 0.897. The van der Waals surface area contributed by atoms with Crippen LogP contribution >= 0.6 is 0 Å². The Labute approximate surface area is 144 Å². The molecule has 3 rings (SSSR count). The van der Waals surface area contributed by atoms with Gasteiger partial charge in [-0.3, -0.25) is 5.32 Å². The Morgan fingerprint density at radius 2 is 1.88 bits per heavy atom. The van der Waals surface area contributed by atoms with Crippen LogP contribution in [0.15, 0.2) is 53.7 Å². The lowest BCUT2D eigenvalue weighted by Gasteiger charge is -2.36. The predicted octanol–water partition coefficient (Wildman–Crippen LogP) is 3.75. The molecule has 130 valence electrons. The molecule has 0 saturated heterocycles. The lowest BCUT2D eigenvalue weighted by molar-refractivity contribution is 0.262. The minimum atomic E-state index is -3.33. The number of rotatable bonds is 5. The zero-order valence-corrected chi connectivity index (χ0v) is 15.2. The van der Waals surface area contributed by atoms with E-state index in [9.17, 15) is 8.42 Å². The van der Waals surface area contributed by atoms with Crippen LogP contribution in [0.3, 0.4) is 0 Å². The summed E-state index contributed by atoms with van der Waals surface area (Å²) < 4.78 is 28.3. The molecule has 24 heavy (non-hydrogen) atoms. The molecular formula is C19H26N2O2S. The van der Waals surface area contributed by atoms with Crippen molar-refractivity contribution >= 4 is 9.84 Å². The van der Waals surface area contributed by atoms with E-state index in [4.69, 9.17) is 0 Å². The molecule has 2 heterocycles. The van der Waals surface area contributed by atoms with E-state index < -0.39 is 15.4 Å². The van der Waals surface area contributed by atoms with Gasteiger partial charge in [0.15, 0.2) is 9.84 Å². The Kier molecular flexibility index (Phi) is 4.83. The van der Waals surface area contributed by atoms with Crippen LogP contribution in [0.5, 0.6) is 0 Å². The number of nitrogens with zero attached hydrogens (tertiary/aromatic N) is 1. The Hall–Kier alpha value is -1.59. The largest absolute Gasteiger partial charge is 0.334 e. The first-order valence-electron chi connectivity index (χ1n) is 8.73. The average molecular weight is 346 g/mol. The minimum Gasteiger partial charge on any atom is -0.334 e. The Morgan fingerprint density at radius 1 is 1.17 bits per heavy atom. The third-order valence-corrected chi connectivity index (χ3v) is 7.04. The Morgan fingerprint density at radius 3 is 2.54 bits per heavy atom. The third-order valence-electron chi connectivity index (χ3n) is 5.07. The average Bonchev–Trinajstić information content (AvgIpc) is 3.08. The van der Waals surface area contributed by atoms with Crippen molar-refractivity contribution in [1.82, 2.24) is 9.88 Å². The summed E-state index contributed by atoms with van der Waals surface area (Å²) >= 11 is 0. The van der Waals surface area contributed by atoms with Gasteiger partial charge in [0.05, 0.1) is 10.6 Å². The van der Waals surface area contributed by atoms with Gasteiger partial charge in [-0.1, -0.05) is 44.9 Å². The molecule has 0 amide bonds. The van der Waals surface area contributed by atoms with Crippen LogP contribution in [0.1, 0.15) is 51.3 Å². The van der Waals surface area contributed by atoms with Crippen molar-refractivity contribution in [2.45, 2.75) is 56.1 Å². The molecule has 0 fully saturated rings. The normalized spacial score (nSPS) is 25.8. The second-order valence-electron chi connectivity index (χ2n) is 6.71. The van der Waals surface area contributed by atoms with Crippen LogP contribution in [-0.4, -0.2) is 24.3 Å². The third kappa shape index (κ3) is 3.15. The first-order valence-corrected chi connectivity index (χ1v) is 10.4. The van der Waals surface area contributed by atoms with Crippen molar-refractivity contribution in [1.29, 1.82) is 0 Å². The van der Waals surface area contributed by atoms with Crippen molar-refractivity contribution in [3.05, 3.63) is 54.4 Å². The number of unbranched alkanes of at least 4 members (excludes halogenated alkanes) is 1. The van der Waals surface area contributed by atoms with E-state index >= 15 is 0 Å². The highest BCUT2D eigenvalue weighted by Crippen LogP contribution is 2.35. The summed E-state index contributed by atoms with van der Waals surface area (Å²) in [4.78, 5) is 0.461. The van der Waals surface area contributed by atoms with E-state index in [2.05, 4.69) is 23.7 Å². The SMILES string of the molecule is CCCCC1(CC)CS(=O)(=O)c2ccccc2C(n2cccc2)N1. The minimum absolute atomic E-state index is 0.158. The molecule has 2 aromatic rings.